The van der Waals surface area contributed by atoms with E-state index >= 15 is 0 Å². The molecular weight excluding hydrogens is 124 g/mol. The van der Waals surface area contributed by atoms with Gasteiger partial charge in [-0.1, -0.05) is 42.4 Å². The third-order valence-corrected chi connectivity index (χ3v) is 2.08. The second-order valence-corrected chi connectivity index (χ2v) is 2.73. The maximum atomic E-state index is 11.1. The van der Waals surface area contributed by atoms with Crippen molar-refractivity contribution in [3.05, 3.63) is 35.4 Å². The van der Waals surface area contributed by atoms with Gasteiger partial charge in [0.1, 0.15) is 0 Å². The minimum Gasteiger partial charge on any atom is -0.849 e. The van der Waals surface area contributed by atoms with E-state index in [9.17, 15) is 5.11 Å². The van der Waals surface area contributed by atoms with Crippen LogP contribution in [0.25, 0.3) is 0 Å². The molecular formula is C9H9O-. The number of aryl methyl sites for hydroxylation is 1. The SMILES string of the molecule is [O-]C1CCc2ccccc21. The fraction of sp³-hybridized carbons (Fsp3) is 0.333. The van der Waals surface area contributed by atoms with Gasteiger partial charge in [-0.25, -0.2) is 0 Å². The normalized spacial score (nSPS) is 22.7. The van der Waals surface area contributed by atoms with Crippen LogP contribution < -0.4 is 5.11 Å². The van der Waals surface area contributed by atoms with E-state index in [4.69, 9.17) is 0 Å². The molecule has 0 saturated carbocycles. The van der Waals surface area contributed by atoms with Crippen molar-refractivity contribution in [2.45, 2.75) is 18.9 Å². The highest BCUT2D eigenvalue weighted by molar-refractivity contribution is 5.32. The summed E-state index contributed by atoms with van der Waals surface area (Å²) < 4.78 is 0. The van der Waals surface area contributed by atoms with Crippen LogP contribution in [0.3, 0.4) is 0 Å². The van der Waals surface area contributed by atoms with Crippen LogP contribution in [0.4, 0.5) is 0 Å². The average Bonchev–Trinajstić information content (AvgIpc) is 2.34. The molecule has 1 atom stereocenters. The van der Waals surface area contributed by atoms with Crippen molar-refractivity contribution < 1.29 is 5.11 Å². The molecule has 2 rings (SSSR count). The molecule has 10 heavy (non-hydrogen) atoms. The first-order valence-corrected chi connectivity index (χ1v) is 3.61. The number of rotatable bonds is 0. The second kappa shape index (κ2) is 2.10. The van der Waals surface area contributed by atoms with E-state index in [1.54, 1.807) is 0 Å². The molecule has 0 bridgehead atoms. The van der Waals surface area contributed by atoms with Crippen LogP contribution in [0.5, 0.6) is 0 Å². The minimum absolute atomic E-state index is 0.448. The fourth-order valence-electron chi connectivity index (χ4n) is 1.52. The molecule has 0 aromatic heterocycles. The third-order valence-electron chi connectivity index (χ3n) is 2.08. The molecule has 1 unspecified atom stereocenters. The summed E-state index contributed by atoms with van der Waals surface area (Å²) in [5, 5.41) is 11.1. The Hall–Kier alpha value is -0.820. The molecule has 1 heteroatoms. The minimum atomic E-state index is -0.448. The summed E-state index contributed by atoms with van der Waals surface area (Å²) in [6.07, 6.45) is 1.32. The quantitative estimate of drug-likeness (QED) is 0.518. The van der Waals surface area contributed by atoms with E-state index in [1.807, 2.05) is 24.3 Å². The number of fused-ring (bicyclic) bond motifs is 1. The van der Waals surface area contributed by atoms with E-state index in [2.05, 4.69) is 0 Å². The van der Waals surface area contributed by atoms with Gasteiger partial charge in [0.05, 0.1) is 0 Å². The Morgan fingerprint density at radius 3 is 2.90 bits per heavy atom. The van der Waals surface area contributed by atoms with Crippen LogP contribution in [0, 0.1) is 0 Å². The van der Waals surface area contributed by atoms with Crippen molar-refractivity contribution in [1.82, 2.24) is 0 Å². The van der Waals surface area contributed by atoms with Gasteiger partial charge in [-0.3, -0.25) is 0 Å². The molecule has 1 aliphatic carbocycles. The van der Waals surface area contributed by atoms with Crippen LogP contribution in [0.15, 0.2) is 24.3 Å². The molecule has 0 aliphatic heterocycles. The first-order valence-electron chi connectivity index (χ1n) is 3.61. The third kappa shape index (κ3) is 0.745. The highest BCUT2D eigenvalue weighted by Crippen LogP contribution is 2.27. The van der Waals surface area contributed by atoms with Crippen LogP contribution in [-0.2, 0) is 6.42 Å². The molecule has 1 aromatic carbocycles. The average molecular weight is 133 g/mol. The lowest BCUT2D eigenvalue weighted by Crippen LogP contribution is -2.10. The van der Waals surface area contributed by atoms with Crippen molar-refractivity contribution in [3.8, 4) is 0 Å². The lowest BCUT2D eigenvalue weighted by Gasteiger charge is -2.14. The summed E-state index contributed by atoms with van der Waals surface area (Å²) in [7, 11) is 0. The highest BCUT2D eigenvalue weighted by atomic mass is 16.3. The first kappa shape index (κ1) is 5.93. The molecule has 1 nitrogen and oxygen atoms in total. The lowest BCUT2D eigenvalue weighted by molar-refractivity contribution is -0.425. The van der Waals surface area contributed by atoms with Gasteiger partial charge in [0.2, 0.25) is 0 Å². The Bertz CT molecular complexity index is 242. The molecule has 0 fully saturated rings. The number of hydrogen-bond donors (Lipinski definition) is 0. The van der Waals surface area contributed by atoms with Crippen molar-refractivity contribution >= 4 is 0 Å². The topological polar surface area (TPSA) is 23.1 Å². The van der Waals surface area contributed by atoms with Gasteiger partial charge in [0, 0.05) is 0 Å². The lowest BCUT2D eigenvalue weighted by atomic mass is 10.1. The van der Waals surface area contributed by atoms with E-state index in [0.717, 1.165) is 18.4 Å². The van der Waals surface area contributed by atoms with Gasteiger partial charge in [-0.2, -0.15) is 0 Å². The summed E-state index contributed by atoms with van der Waals surface area (Å²) in [5.41, 5.74) is 2.27. The summed E-state index contributed by atoms with van der Waals surface area (Å²) in [6, 6.07) is 7.93. The Balaban J connectivity index is 2.51. The standard InChI is InChI=1S/C9H9O/c10-9-6-5-7-3-1-2-4-8(7)9/h1-4,9H,5-6H2/q-1. The molecule has 1 aliphatic rings. The molecule has 0 N–H and O–H groups in total. The summed E-state index contributed by atoms with van der Waals surface area (Å²) in [4.78, 5) is 0. The van der Waals surface area contributed by atoms with Gasteiger partial charge >= 0.3 is 0 Å². The van der Waals surface area contributed by atoms with Crippen LogP contribution in [-0.4, -0.2) is 0 Å². The Morgan fingerprint density at radius 1 is 1.30 bits per heavy atom. The van der Waals surface area contributed by atoms with Crippen molar-refractivity contribution in [1.29, 1.82) is 0 Å². The predicted octanol–water partition coefficient (Wildman–Crippen LogP) is 1.03. The van der Waals surface area contributed by atoms with Crippen molar-refractivity contribution in [2.24, 2.45) is 0 Å². The maximum absolute atomic E-state index is 11.1. The highest BCUT2D eigenvalue weighted by Gasteiger charge is 2.11. The number of hydrogen-bond acceptors (Lipinski definition) is 1. The van der Waals surface area contributed by atoms with E-state index < -0.39 is 6.10 Å². The van der Waals surface area contributed by atoms with Gasteiger partial charge in [0.25, 0.3) is 0 Å². The molecule has 1 aromatic rings. The molecule has 0 radical (unpaired) electrons. The van der Waals surface area contributed by atoms with Crippen LogP contribution >= 0.6 is 0 Å². The maximum Gasteiger partial charge on any atom is -0.0284 e. The van der Waals surface area contributed by atoms with Gasteiger partial charge in [-0.15, -0.1) is 0 Å². The smallest absolute Gasteiger partial charge is 0.0284 e. The summed E-state index contributed by atoms with van der Waals surface area (Å²) in [6.45, 7) is 0. The fourth-order valence-corrected chi connectivity index (χ4v) is 1.52. The Labute approximate surface area is 60.3 Å². The van der Waals surface area contributed by atoms with Crippen molar-refractivity contribution in [3.63, 3.8) is 0 Å². The zero-order valence-corrected chi connectivity index (χ0v) is 5.71. The Kier molecular flexibility index (Phi) is 1.24. The number of benzene rings is 1. The summed E-state index contributed by atoms with van der Waals surface area (Å²) >= 11 is 0. The molecule has 0 amide bonds. The van der Waals surface area contributed by atoms with Gasteiger partial charge in [0.15, 0.2) is 0 Å². The Morgan fingerprint density at radius 2 is 2.10 bits per heavy atom. The second-order valence-electron chi connectivity index (χ2n) is 2.73. The first-order chi connectivity index (χ1) is 4.88. The van der Waals surface area contributed by atoms with Crippen LogP contribution in [0.1, 0.15) is 23.7 Å². The zero-order chi connectivity index (χ0) is 6.97. The van der Waals surface area contributed by atoms with Gasteiger partial charge < -0.3 is 5.11 Å². The monoisotopic (exact) mass is 133 g/mol. The summed E-state index contributed by atoms with van der Waals surface area (Å²) in [5.74, 6) is 0. The van der Waals surface area contributed by atoms with Crippen LogP contribution in [0.2, 0.25) is 0 Å². The molecule has 52 valence electrons. The van der Waals surface area contributed by atoms with E-state index in [0.29, 0.717) is 0 Å². The van der Waals surface area contributed by atoms with E-state index in [1.165, 1.54) is 5.56 Å². The molecule has 0 saturated heterocycles. The zero-order valence-electron chi connectivity index (χ0n) is 5.71. The largest absolute Gasteiger partial charge is 0.849 e. The molecule has 0 spiro atoms. The predicted molar refractivity (Wildman–Crippen MR) is 37.5 cm³/mol. The molecule has 0 heterocycles. The van der Waals surface area contributed by atoms with Gasteiger partial charge in [-0.05, 0) is 12.0 Å². The van der Waals surface area contributed by atoms with E-state index in [-0.39, 0.29) is 0 Å². The van der Waals surface area contributed by atoms with Crippen molar-refractivity contribution in [2.75, 3.05) is 0 Å².